The van der Waals surface area contributed by atoms with Crippen LogP contribution in [0.3, 0.4) is 0 Å². The molecule has 0 amide bonds. The van der Waals surface area contributed by atoms with Crippen LogP contribution in [0.25, 0.3) is 44.5 Å². The van der Waals surface area contributed by atoms with Crippen molar-refractivity contribution in [3.8, 4) is 22.9 Å². The van der Waals surface area contributed by atoms with Crippen LogP contribution in [0, 0.1) is 10.8 Å². The molecule has 0 fully saturated rings. The monoisotopic (exact) mass is 777 g/mol. The second-order valence-corrected chi connectivity index (χ2v) is 19.2. The number of aromatic hydroxyl groups is 2. The predicted molar refractivity (Wildman–Crippen MR) is 232 cm³/mol. The van der Waals surface area contributed by atoms with Crippen LogP contribution in [-0.4, -0.2) is 55.6 Å². The van der Waals surface area contributed by atoms with E-state index in [4.69, 9.17) is 20.4 Å². The molecule has 0 bridgehead atoms. The van der Waals surface area contributed by atoms with Gasteiger partial charge in [0.05, 0.1) is 0 Å². The zero-order chi connectivity index (χ0) is 41.6. The Morgan fingerprint density at radius 2 is 0.776 bits per heavy atom. The average molecular weight is 778 g/mol. The summed E-state index contributed by atoms with van der Waals surface area (Å²) in [7, 11) is 0. The molecule has 8 rings (SSSR count). The normalized spacial score (nSPS) is 12.7. The minimum atomic E-state index is -0.231. The van der Waals surface area contributed by atoms with Gasteiger partial charge in [0.15, 0.2) is 0 Å². The molecule has 0 saturated heterocycles. The predicted octanol–water partition coefficient (Wildman–Crippen LogP) is 10.5. The molecule has 0 unspecified atom stereocenters. The Bertz CT molecular complexity index is 2470. The Balaban J connectivity index is 0.000000496. The first-order chi connectivity index (χ1) is 27.3. The van der Waals surface area contributed by atoms with Gasteiger partial charge in [-0.25, -0.2) is 0 Å². The second kappa shape index (κ2) is 15.0. The summed E-state index contributed by atoms with van der Waals surface area (Å²) < 4.78 is 0. The van der Waals surface area contributed by atoms with Gasteiger partial charge in [-0.1, -0.05) is 118 Å². The van der Waals surface area contributed by atoms with Crippen LogP contribution in [0.15, 0.2) is 97.1 Å². The van der Waals surface area contributed by atoms with Gasteiger partial charge in [0, 0.05) is 17.5 Å². The highest BCUT2D eigenvalue weighted by atomic mass is 16.3. The number of phenolic OH excluding ortho intramolecular Hbond substituents is 2. The summed E-state index contributed by atoms with van der Waals surface area (Å²) in [5.41, 5.74) is 9.01. The van der Waals surface area contributed by atoms with Crippen molar-refractivity contribution >= 4 is 33.1 Å². The zero-order valence-corrected chi connectivity index (χ0v) is 35.3. The second-order valence-electron chi connectivity index (χ2n) is 19.2. The van der Waals surface area contributed by atoms with E-state index in [0.717, 1.165) is 57.1 Å². The van der Waals surface area contributed by atoms with E-state index < -0.39 is 0 Å². The smallest absolute Gasteiger partial charge is 0.146 e. The average Bonchev–Trinajstić information content (AvgIpc) is 3.90. The fourth-order valence-corrected chi connectivity index (χ4v) is 8.49. The first-order valence-electron chi connectivity index (χ1n) is 19.9. The number of phenols is 2. The third-order valence-corrected chi connectivity index (χ3v) is 10.5. The molecule has 3 heterocycles. The molecule has 58 heavy (non-hydrogen) atoms. The van der Waals surface area contributed by atoms with Crippen molar-refractivity contribution in [3.05, 3.63) is 119 Å². The lowest BCUT2D eigenvalue weighted by Crippen LogP contribution is -2.25. The molecule has 11 heteroatoms. The van der Waals surface area contributed by atoms with E-state index in [1.807, 2.05) is 84.9 Å². The zero-order valence-electron chi connectivity index (χ0n) is 35.3. The van der Waals surface area contributed by atoms with Crippen molar-refractivity contribution in [2.75, 3.05) is 0 Å². The number of benzene rings is 5. The molecule has 0 aliphatic rings. The minimum absolute atomic E-state index is 0.0702. The molecule has 0 spiro atoms. The Morgan fingerprint density at radius 3 is 1.09 bits per heavy atom. The van der Waals surface area contributed by atoms with E-state index in [9.17, 15) is 10.2 Å². The number of hydrogen-bond acceptors (Lipinski definition) is 8. The van der Waals surface area contributed by atoms with Crippen LogP contribution in [0.1, 0.15) is 104 Å². The van der Waals surface area contributed by atoms with E-state index in [2.05, 4.69) is 96.8 Å². The topological polar surface area (TPSA) is 143 Å². The molecular weight excluding hydrogens is 723 g/mol. The third-order valence-electron chi connectivity index (χ3n) is 10.5. The first kappa shape index (κ1) is 40.1. The van der Waals surface area contributed by atoms with Crippen molar-refractivity contribution in [1.82, 2.24) is 45.4 Å². The number of aromatic amines is 1. The van der Waals surface area contributed by atoms with Gasteiger partial charge in [-0.05, 0) is 94.2 Å². The maximum absolute atomic E-state index is 12.0. The summed E-state index contributed by atoms with van der Waals surface area (Å²) in [6, 6.07) is 31.3. The van der Waals surface area contributed by atoms with Crippen molar-refractivity contribution in [3.63, 3.8) is 0 Å². The van der Waals surface area contributed by atoms with Crippen LogP contribution < -0.4 is 0 Å². The van der Waals surface area contributed by atoms with E-state index >= 15 is 0 Å². The lowest BCUT2D eigenvalue weighted by molar-refractivity contribution is 0.283. The molecule has 0 atom stereocenters. The molecule has 5 aromatic carbocycles. The van der Waals surface area contributed by atoms with Gasteiger partial charge in [-0.15, -0.1) is 30.0 Å². The highest BCUT2D eigenvalue weighted by Crippen LogP contribution is 2.43. The summed E-state index contributed by atoms with van der Waals surface area (Å²) in [6.07, 6.45) is 2.11. The largest absolute Gasteiger partial charge is 0.505 e. The molecule has 11 nitrogen and oxygen atoms in total. The standard InChI is InChI=1S/C41H50N6O2.C6H5N3/c1-38(2,3)24-40(7,8)28-20-26(36(48)34(22-28)46-42-30-15-11-12-16-31(30)43-46)19-27-21-29(41(9,10)25-39(4,5)6)23-35(37(27)49)47-44-32-17-13-14-18-33(32)45-47;1-2-4-6-5(3-1)7-9-8-6/h11-18,20-23,48-49H,19,24-25H2,1-10H3;1-4H,(H,7,8,9). The third kappa shape index (κ3) is 8.73. The minimum Gasteiger partial charge on any atom is -0.505 e. The quantitative estimate of drug-likeness (QED) is 0.138. The molecule has 0 radical (unpaired) electrons. The van der Waals surface area contributed by atoms with Gasteiger partial charge in [-0.2, -0.15) is 15.4 Å². The maximum atomic E-state index is 12.0. The number of nitrogens with zero attached hydrogens (tertiary/aromatic N) is 8. The van der Waals surface area contributed by atoms with Gasteiger partial charge < -0.3 is 10.2 Å². The number of aromatic nitrogens is 9. The highest BCUT2D eigenvalue weighted by molar-refractivity contribution is 5.75. The molecule has 0 saturated carbocycles. The molecule has 8 aromatic rings. The molecular formula is C47H55N9O2. The van der Waals surface area contributed by atoms with E-state index in [1.165, 1.54) is 9.59 Å². The van der Waals surface area contributed by atoms with Crippen molar-refractivity contribution in [1.29, 1.82) is 0 Å². The number of para-hydroxylation sites is 2. The Kier molecular flexibility index (Phi) is 10.4. The molecule has 300 valence electrons. The number of nitrogens with one attached hydrogen (secondary N) is 1. The summed E-state index contributed by atoms with van der Waals surface area (Å²) in [5, 5.41) is 53.2. The highest BCUT2D eigenvalue weighted by Gasteiger charge is 2.32. The summed E-state index contributed by atoms with van der Waals surface area (Å²) in [4.78, 5) is 3.07. The fraction of sp³-hybridized carbons (Fsp3) is 0.362. The van der Waals surface area contributed by atoms with Crippen LogP contribution in [0.4, 0.5) is 0 Å². The number of hydrogen-bond donors (Lipinski definition) is 3. The van der Waals surface area contributed by atoms with Gasteiger partial charge >= 0.3 is 0 Å². The molecule has 0 aliphatic carbocycles. The number of rotatable bonds is 8. The van der Waals surface area contributed by atoms with Crippen LogP contribution in [-0.2, 0) is 17.3 Å². The van der Waals surface area contributed by atoms with Crippen LogP contribution >= 0.6 is 0 Å². The fourth-order valence-electron chi connectivity index (χ4n) is 8.49. The van der Waals surface area contributed by atoms with Crippen LogP contribution in [0.2, 0.25) is 0 Å². The van der Waals surface area contributed by atoms with Crippen molar-refractivity contribution in [2.45, 2.75) is 99.3 Å². The Morgan fingerprint density at radius 1 is 0.466 bits per heavy atom. The summed E-state index contributed by atoms with van der Waals surface area (Å²) in [5.74, 6) is 0.165. The Hall–Kier alpha value is -6.10. The van der Waals surface area contributed by atoms with Crippen LogP contribution in [0.5, 0.6) is 11.5 Å². The van der Waals surface area contributed by atoms with Gasteiger partial charge in [-0.3, -0.25) is 0 Å². The van der Waals surface area contributed by atoms with Gasteiger partial charge in [0.2, 0.25) is 0 Å². The molecule has 3 aromatic heterocycles. The number of fused-ring (bicyclic) bond motifs is 3. The SMILES string of the molecule is CC(C)(C)CC(C)(C)c1cc(Cc2cc(C(C)(C)CC(C)(C)C)cc(-n3nc4ccccc4n3)c2O)c(O)c(-n2nc3ccccc3n2)c1.c1ccc2n[nH]nc2c1. The first-order valence-corrected chi connectivity index (χ1v) is 19.9. The van der Waals surface area contributed by atoms with Crippen molar-refractivity contribution in [2.24, 2.45) is 10.8 Å². The molecule has 3 N–H and O–H groups in total. The van der Waals surface area contributed by atoms with Gasteiger partial charge in [0.25, 0.3) is 0 Å². The van der Waals surface area contributed by atoms with E-state index in [0.29, 0.717) is 22.5 Å². The lowest BCUT2D eigenvalue weighted by Gasteiger charge is -2.34. The maximum Gasteiger partial charge on any atom is 0.146 e. The lowest BCUT2D eigenvalue weighted by atomic mass is 9.71. The van der Waals surface area contributed by atoms with E-state index in [-0.39, 0.29) is 39.6 Å². The summed E-state index contributed by atoms with van der Waals surface area (Å²) >= 11 is 0. The Labute approximate surface area is 340 Å². The van der Waals surface area contributed by atoms with Crippen molar-refractivity contribution < 1.29 is 10.2 Å². The molecule has 0 aliphatic heterocycles. The van der Waals surface area contributed by atoms with E-state index in [1.54, 1.807) is 0 Å². The summed E-state index contributed by atoms with van der Waals surface area (Å²) in [6.45, 7) is 22.4. The van der Waals surface area contributed by atoms with Gasteiger partial charge in [0.1, 0.15) is 56.0 Å². The number of H-pyrrole nitrogens is 1.